The molecule has 0 spiro atoms. The van der Waals surface area contributed by atoms with Crippen molar-refractivity contribution in [1.82, 2.24) is 5.32 Å². The van der Waals surface area contributed by atoms with E-state index in [1.807, 2.05) is 0 Å². The molecule has 0 aliphatic carbocycles. The van der Waals surface area contributed by atoms with Crippen LogP contribution in [0.4, 0.5) is 4.39 Å². The molecule has 1 atom stereocenters. The lowest BCUT2D eigenvalue weighted by molar-refractivity contribution is -0.120. The van der Waals surface area contributed by atoms with E-state index in [0.29, 0.717) is 11.1 Å². The minimum Gasteiger partial charge on any atom is -0.358 e. The van der Waals surface area contributed by atoms with Crippen LogP contribution < -0.4 is 5.32 Å². The second kappa shape index (κ2) is 4.42. The van der Waals surface area contributed by atoms with E-state index in [1.54, 1.807) is 6.92 Å². The van der Waals surface area contributed by atoms with Gasteiger partial charge in [-0.15, -0.1) is 11.6 Å². The van der Waals surface area contributed by atoms with Gasteiger partial charge < -0.3 is 5.32 Å². The predicted molar refractivity (Wildman–Crippen MR) is 53.8 cm³/mol. The average molecular weight is 216 g/mol. The minimum atomic E-state index is -0.763. The molecule has 14 heavy (non-hydrogen) atoms. The molecule has 0 bridgehead atoms. The van der Waals surface area contributed by atoms with Crippen LogP contribution in [0, 0.1) is 12.7 Å². The number of carbonyl (C=O) groups excluding carboxylic acids is 1. The minimum absolute atomic E-state index is 0.290. The van der Waals surface area contributed by atoms with Gasteiger partial charge in [0.05, 0.1) is 0 Å². The smallest absolute Gasteiger partial charge is 0.242 e. The van der Waals surface area contributed by atoms with Crippen molar-refractivity contribution in [2.45, 2.75) is 12.3 Å². The van der Waals surface area contributed by atoms with Crippen molar-refractivity contribution < 1.29 is 9.18 Å². The molecule has 0 radical (unpaired) electrons. The van der Waals surface area contributed by atoms with Gasteiger partial charge in [0.2, 0.25) is 5.91 Å². The average Bonchev–Trinajstić information content (AvgIpc) is 2.15. The van der Waals surface area contributed by atoms with Gasteiger partial charge >= 0.3 is 0 Å². The lowest BCUT2D eigenvalue weighted by Gasteiger charge is -2.10. The fourth-order valence-corrected chi connectivity index (χ4v) is 1.55. The highest BCUT2D eigenvalue weighted by Crippen LogP contribution is 2.24. The first-order valence-electron chi connectivity index (χ1n) is 4.18. The maximum absolute atomic E-state index is 12.8. The van der Waals surface area contributed by atoms with Crippen LogP contribution in [0.25, 0.3) is 0 Å². The summed E-state index contributed by atoms with van der Waals surface area (Å²) < 4.78 is 12.8. The number of likely N-dealkylation sites (N-methyl/N-ethyl adjacent to an activating group) is 1. The third-order valence-corrected chi connectivity index (χ3v) is 2.41. The summed E-state index contributed by atoms with van der Waals surface area (Å²) in [6.07, 6.45) is 0. The zero-order valence-corrected chi connectivity index (χ0v) is 8.73. The van der Waals surface area contributed by atoms with Gasteiger partial charge in [0.15, 0.2) is 0 Å². The molecule has 0 saturated carbocycles. The summed E-state index contributed by atoms with van der Waals surface area (Å²) in [6, 6.07) is 4.17. The molecule has 0 aliphatic rings. The Kier molecular flexibility index (Phi) is 3.47. The molecule has 1 rings (SSSR count). The first-order chi connectivity index (χ1) is 6.56. The molecule has 4 heteroatoms. The second-order valence-electron chi connectivity index (χ2n) is 2.98. The molecule has 0 heterocycles. The Balaban J connectivity index is 3.01. The number of nitrogens with one attached hydrogen (secondary N) is 1. The third kappa shape index (κ3) is 2.23. The lowest BCUT2D eigenvalue weighted by Crippen LogP contribution is -2.22. The molecule has 0 saturated heterocycles. The van der Waals surface area contributed by atoms with Gasteiger partial charge in [0.1, 0.15) is 11.2 Å². The van der Waals surface area contributed by atoms with E-state index in [9.17, 15) is 9.18 Å². The molecule has 1 N–H and O–H groups in total. The summed E-state index contributed by atoms with van der Waals surface area (Å²) in [5.74, 6) is -0.617. The van der Waals surface area contributed by atoms with Crippen molar-refractivity contribution >= 4 is 17.5 Å². The maximum atomic E-state index is 12.8. The van der Waals surface area contributed by atoms with Gasteiger partial charge in [0, 0.05) is 7.05 Å². The standard InChI is InChI=1S/C10H11ClFNO/c1-6-5-7(12)3-4-8(6)9(11)10(14)13-2/h3-5,9H,1-2H3,(H,13,14). The molecule has 0 aromatic heterocycles. The van der Waals surface area contributed by atoms with E-state index in [4.69, 9.17) is 11.6 Å². The van der Waals surface area contributed by atoms with Crippen molar-refractivity contribution in [2.75, 3.05) is 7.05 Å². The first kappa shape index (κ1) is 11.0. The predicted octanol–water partition coefficient (Wildman–Crippen LogP) is 2.16. The number of rotatable bonds is 2. The summed E-state index contributed by atoms with van der Waals surface area (Å²) in [5.41, 5.74) is 1.31. The van der Waals surface area contributed by atoms with Crippen LogP contribution in [-0.2, 0) is 4.79 Å². The number of alkyl halides is 1. The third-order valence-electron chi connectivity index (χ3n) is 1.98. The fourth-order valence-electron chi connectivity index (χ4n) is 1.19. The monoisotopic (exact) mass is 215 g/mol. The quantitative estimate of drug-likeness (QED) is 0.753. The summed E-state index contributed by atoms with van der Waals surface area (Å²) in [5, 5.41) is 1.68. The van der Waals surface area contributed by atoms with E-state index >= 15 is 0 Å². The van der Waals surface area contributed by atoms with Gasteiger partial charge in [-0.05, 0) is 30.2 Å². The van der Waals surface area contributed by atoms with Crippen LogP contribution in [0.3, 0.4) is 0 Å². The summed E-state index contributed by atoms with van der Waals surface area (Å²) in [7, 11) is 1.51. The van der Waals surface area contributed by atoms with Crippen LogP contribution in [0.5, 0.6) is 0 Å². The number of carbonyl (C=O) groups is 1. The van der Waals surface area contributed by atoms with Gasteiger partial charge in [-0.2, -0.15) is 0 Å². The van der Waals surface area contributed by atoms with Crippen LogP contribution in [0.2, 0.25) is 0 Å². The highest BCUT2D eigenvalue weighted by Gasteiger charge is 2.17. The molecule has 0 fully saturated rings. The van der Waals surface area contributed by atoms with E-state index in [1.165, 1.54) is 25.2 Å². The van der Waals surface area contributed by atoms with Crippen LogP contribution in [0.1, 0.15) is 16.5 Å². The molecule has 76 valence electrons. The van der Waals surface area contributed by atoms with Gasteiger partial charge in [-0.3, -0.25) is 4.79 Å². The maximum Gasteiger partial charge on any atom is 0.242 e. The number of benzene rings is 1. The van der Waals surface area contributed by atoms with Crippen molar-refractivity contribution in [3.05, 3.63) is 35.1 Å². The van der Waals surface area contributed by atoms with E-state index in [0.717, 1.165) is 0 Å². The van der Waals surface area contributed by atoms with E-state index < -0.39 is 5.38 Å². The van der Waals surface area contributed by atoms with Crippen molar-refractivity contribution in [1.29, 1.82) is 0 Å². The van der Waals surface area contributed by atoms with Crippen LogP contribution in [0.15, 0.2) is 18.2 Å². The zero-order valence-electron chi connectivity index (χ0n) is 7.97. The highest BCUT2D eigenvalue weighted by atomic mass is 35.5. The molecule has 1 unspecified atom stereocenters. The molecule has 0 aliphatic heterocycles. The molecule has 1 amide bonds. The summed E-state index contributed by atoms with van der Waals surface area (Å²) >= 11 is 5.88. The Labute approximate surface area is 87.1 Å². The Bertz CT molecular complexity index is 354. The molecule has 1 aromatic rings. The molecular formula is C10H11ClFNO. The number of hydrogen-bond acceptors (Lipinski definition) is 1. The SMILES string of the molecule is CNC(=O)C(Cl)c1ccc(F)cc1C. The normalized spacial score (nSPS) is 12.3. The Morgan fingerprint density at radius 1 is 1.57 bits per heavy atom. The van der Waals surface area contributed by atoms with Crippen molar-refractivity contribution in [3.63, 3.8) is 0 Å². The highest BCUT2D eigenvalue weighted by molar-refractivity contribution is 6.30. The molecule has 2 nitrogen and oxygen atoms in total. The zero-order chi connectivity index (χ0) is 10.7. The van der Waals surface area contributed by atoms with Crippen molar-refractivity contribution in [2.24, 2.45) is 0 Å². The summed E-state index contributed by atoms with van der Waals surface area (Å²) in [6.45, 7) is 1.72. The van der Waals surface area contributed by atoms with Gasteiger partial charge in [-0.25, -0.2) is 4.39 Å². The first-order valence-corrected chi connectivity index (χ1v) is 4.61. The largest absolute Gasteiger partial charge is 0.358 e. The Hall–Kier alpha value is -1.09. The van der Waals surface area contributed by atoms with E-state index in [-0.39, 0.29) is 11.7 Å². The second-order valence-corrected chi connectivity index (χ2v) is 3.41. The number of hydrogen-bond donors (Lipinski definition) is 1. The van der Waals surface area contributed by atoms with E-state index in [2.05, 4.69) is 5.32 Å². The van der Waals surface area contributed by atoms with Crippen molar-refractivity contribution in [3.8, 4) is 0 Å². The lowest BCUT2D eigenvalue weighted by atomic mass is 10.1. The van der Waals surface area contributed by atoms with Crippen LogP contribution >= 0.6 is 11.6 Å². The van der Waals surface area contributed by atoms with Gasteiger partial charge in [-0.1, -0.05) is 6.07 Å². The number of aryl methyl sites for hydroxylation is 1. The number of amides is 1. The Morgan fingerprint density at radius 2 is 2.21 bits per heavy atom. The van der Waals surface area contributed by atoms with Gasteiger partial charge in [0.25, 0.3) is 0 Å². The fraction of sp³-hybridized carbons (Fsp3) is 0.300. The van der Waals surface area contributed by atoms with Crippen LogP contribution in [-0.4, -0.2) is 13.0 Å². The molecule has 1 aromatic carbocycles. The summed E-state index contributed by atoms with van der Waals surface area (Å²) in [4.78, 5) is 11.2. The topological polar surface area (TPSA) is 29.1 Å². The molecular weight excluding hydrogens is 205 g/mol. The number of halogens is 2. The Morgan fingerprint density at radius 3 is 2.71 bits per heavy atom.